The summed E-state index contributed by atoms with van der Waals surface area (Å²) in [7, 11) is 3.44. The van der Waals surface area contributed by atoms with E-state index in [2.05, 4.69) is 144 Å². The van der Waals surface area contributed by atoms with Gasteiger partial charge in [-0.1, -0.05) is 117 Å². The maximum atomic E-state index is 5.56. The maximum Gasteiger partial charge on any atom is 0.120 e. The SMILES string of the molecule is C=C(NCCc1ccc(CC)cc1)C1(CCCCCSCN(Cc2ccc(OC)cc2)c2cccc(OC)c2)c2ccccc2-c2ccccc21.C=NN=C. The molecule has 0 aromatic heterocycles. The van der Waals surface area contributed by atoms with Crippen molar-refractivity contribution in [3.8, 4) is 22.6 Å². The molecule has 55 heavy (non-hydrogen) atoms. The third kappa shape index (κ3) is 10.5. The zero-order valence-corrected chi connectivity index (χ0v) is 33.6. The highest BCUT2D eigenvalue weighted by atomic mass is 32.2. The lowest BCUT2D eigenvalue weighted by molar-refractivity contribution is 0.414. The molecule has 0 spiro atoms. The van der Waals surface area contributed by atoms with Gasteiger partial charge < -0.3 is 19.7 Å². The summed E-state index contributed by atoms with van der Waals surface area (Å²) in [6.45, 7) is 14.7. The van der Waals surface area contributed by atoms with Gasteiger partial charge in [0.15, 0.2) is 0 Å². The minimum atomic E-state index is -0.242. The fourth-order valence-corrected chi connectivity index (χ4v) is 8.43. The number of methoxy groups -OCH3 is 2. The minimum absolute atomic E-state index is 0.242. The van der Waals surface area contributed by atoms with E-state index < -0.39 is 0 Å². The minimum Gasteiger partial charge on any atom is -0.497 e. The third-order valence-electron chi connectivity index (χ3n) is 10.4. The molecule has 0 aliphatic heterocycles. The number of fused-ring (bicyclic) bond motifs is 3. The van der Waals surface area contributed by atoms with E-state index in [1.165, 1.54) is 57.5 Å². The normalized spacial score (nSPS) is 12.0. The lowest BCUT2D eigenvalue weighted by Gasteiger charge is -2.35. The molecule has 0 heterocycles. The Balaban J connectivity index is 0.00000138. The molecule has 1 aliphatic carbocycles. The smallest absolute Gasteiger partial charge is 0.120 e. The molecule has 0 atom stereocenters. The van der Waals surface area contributed by atoms with Crippen molar-refractivity contribution in [1.82, 2.24) is 5.32 Å². The van der Waals surface area contributed by atoms with Crippen LogP contribution in [0.1, 0.15) is 60.4 Å². The summed E-state index contributed by atoms with van der Waals surface area (Å²) < 4.78 is 10.9. The van der Waals surface area contributed by atoms with Crippen LogP contribution in [-0.4, -0.2) is 45.8 Å². The van der Waals surface area contributed by atoms with Crippen LogP contribution in [0.3, 0.4) is 0 Å². The zero-order valence-electron chi connectivity index (χ0n) is 32.8. The molecule has 5 aromatic rings. The van der Waals surface area contributed by atoms with Crippen LogP contribution in [-0.2, 0) is 24.8 Å². The van der Waals surface area contributed by atoms with Gasteiger partial charge in [-0.15, -0.1) is 11.8 Å². The number of hydrogen-bond acceptors (Lipinski definition) is 7. The van der Waals surface area contributed by atoms with Gasteiger partial charge in [0, 0.05) is 44.0 Å². The van der Waals surface area contributed by atoms with Crippen molar-refractivity contribution >= 4 is 30.9 Å². The number of hydrogen-bond donors (Lipinski definition) is 1. The number of thioether (sulfide) groups is 1. The van der Waals surface area contributed by atoms with E-state index in [-0.39, 0.29) is 5.41 Å². The van der Waals surface area contributed by atoms with Crippen LogP contribution in [0, 0.1) is 0 Å². The van der Waals surface area contributed by atoms with Crippen molar-refractivity contribution in [3.05, 3.63) is 161 Å². The van der Waals surface area contributed by atoms with Crippen molar-refractivity contribution in [2.75, 3.05) is 37.3 Å². The van der Waals surface area contributed by atoms with Gasteiger partial charge in [0.2, 0.25) is 0 Å². The van der Waals surface area contributed by atoms with Gasteiger partial charge in [-0.2, -0.15) is 10.2 Å². The highest BCUT2D eigenvalue weighted by Crippen LogP contribution is 2.54. The Kier molecular flexibility index (Phi) is 15.6. The van der Waals surface area contributed by atoms with Crippen molar-refractivity contribution < 1.29 is 9.47 Å². The number of rotatable bonds is 20. The van der Waals surface area contributed by atoms with E-state index in [9.17, 15) is 0 Å². The fraction of sp³-hybridized carbons (Fsp3) is 0.292. The lowest BCUT2D eigenvalue weighted by Crippen LogP contribution is -2.36. The van der Waals surface area contributed by atoms with Gasteiger partial charge in [-0.3, -0.25) is 0 Å². The van der Waals surface area contributed by atoms with Gasteiger partial charge in [-0.05, 0) is 94.6 Å². The van der Waals surface area contributed by atoms with E-state index in [0.29, 0.717) is 0 Å². The van der Waals surface area contributed by atoms with E-state index in [0.717, 1.165) is 67.6 Å². The Labute approximate surface area is 333 Å². The number of aryl methyl sites for hydroxylation is 1. The summed E-state index contributed by atoms with van der Waals surface area (Å²) >= 11 is 2.00. The highest BCUT2D eigenvalue weighted by Gasteiger charge is 2.44. The van der Waals surface area contributed by atoms with Crippen molar-refractivity contribution in [2.24, 2.45) is 10.2 Å². The van der Waals surface area contributed by atoms with Crippen LogP contribution in [0.5, 0.6) is 11.5 Å². The summed E-state index contributed by atoms with van der Waals surface area (Å²) in [5, 5.41) is 9.83. The molecule has 7 heteroatoms. The molecule has 0 bridgehead atoms. The molecule has 6 nitrogen and oxygen atoms in total. The van der Waals surface area contributed by atoms with Gasteiger partial charge in [-0.25, -0.2) is 0 Å². The maximum absolute atomic E-state index is 5.56. The molecule has 6 rings (SSSR count). The third-order valence-corrected chi connectivity index (χ3v) is 11.5. The number of nitrogens with one attached hydrogen (secondary N) is 1. The second kappa shape index (κ2) is 21.0. The quantitative estimate of drug-likeness (QED) is 0.0371. The average molecular weight is 753 g/mol. The standard InChI is InChI=1S/C46H52N2O2S.C2H4N2/c1-5-36-20-22-37(23-21-36)28-30-47-35(2)46(44-18-9-7-16-42(44)43-17-8-10-19-45(43)46)29-11-6-12-31-51-34-48(39-14-13-15-41(32-39)50-4)33-38-24-26-40(49-3)27-25-38;1-3-4-2/h7-10,13-27,32,47H,2,5-6,11-12,28-31,33-34H2,1,3-4H3;1-2H2. The number of benzene rings is 5. The topological polar surface area (TPSA) is 58.5 Å². The van der Waals surface area contributed by atoms with Gasteiger partial charge in [0.25, 0.3) is 0 Å². The summed E-state index contributed by atoms with van der Waals surface area (Å²) in [5.41, 5.74) is 11.5. The summed E-state index contributed by atoms with van der Waals surface area (Å²) in [6.07, 6.45) is 6.57. The van der Waals surface area contributed by atoms with Crippen molar-refractivity contribution in [2.45, 2.75) is 57.4 Å². The van der Waals surface area contributed by atoms with Crippen LogP contribution in [0.15, 0.2) is 144 Å². The molecular formula is C48H56N4O2S. The first-order valence-corrected chi connectivity index (χ1v) is 20.3. The van der Waals surface area contributed by atoms with E-state index >= 15 is 0 Å². The monoisotopic (exact) mass is 752 g/mol. The molecule has 0 radical (unpaired) electrons. The Bertz CT molecular complexity index is 1920. The molecular weight excluding hydrogens is 697 g/mol. The molecule has 0 saturated heterocycles. The van der Waals surface area contributed by atoms with E-state index in [1.807, 2.05) is 30.0 Å². The predicted molar refractivity (Wildman–Crippen MR) is 236 cm³/mol. The first-order chi connectivity index (χ1) is 27.0. The number of nitrogens with zero attached hydrogens (tertiary/aromatic N) is 3. The van der Waals surface area contributed by atoms with E-state index in [1.54, 1.807) is 14.2 Å². The second-order valence-corrected chi connectivity index (χ2v) is 14.8. The van der Waals surface area contributed by atoms with Crippen molar-refractivity contribution in [3.63, 3.8) is 0 Å². The highest BCUT2D eigenvalue weighted by molar-refractivity contribution is 7.99. The molecule has 286 valence electrons. The van der Waals surface area contributed by atoms with Crippen molar-refractivity contribution in [1.29, 1.82) is 0 Å². The molecule has 5 aromatic carbocycles. The van der Waals surface area contributed by atoms with Crippen LogP contribution in [0.25, 0.3) is 11.1 Å². The average Bonchev–Trinajstić information content (AvgIpc) is 3.53. The van der Waals surface area contributed by atoms with Crippen LogP contribution >= 0.6 is 11.8 Å². The number of allylic oxidation sites excluding steroid dienone is 1. The Morgan fingerprint density at radius 2 is 1.33 bits per heavy atom. The van der Waals surface area contributed by atoms with E-state index in [4.69, 9.17) is 16.1 Å². The summed E-state index contributed by atoms with van der Waals surface area (Å²) in [5.74, 6) is 3.78. The molecule has 0 amide bonds. The molecule has 0 unspecified atom stereocenters. The first kappa shape index (κ1) is 40.9. The van der Waals surface area contributed by atoms with Crippen LogP contribution in [0.4, 0.5) is 5.69 Å². The Morgan fingerprint density at radius 3 is 1.95 bits per heavy atom. The van der Waals surface area contributed by atoms with Crippen LogP contribution < -0.4 is 19.7 Å². The molecule has 0 fully saturated rings. The first-order valence-electron chi connectivity index (χ1n) is 19.2. The van der Waals surface area contributed by atoms with Gasteiger partial charge >= 0.3 is 0 Å². The largest absolute Gasteiger partial charge is 0.497 e. The Morgan fingerprint density at radius 1 is 0.709 bits per heavy atom. The van der Waals surface area contributed by atoms with Gasteiger partial charge in [0.05, 0.1) is 25.5 Å². The summed E-state index contributed by atoms with van der Waals surface area (Å²) in [6, 6.07) is 43.8. The molecule has 1 N–H and O–H groups in total. The zero-order chi connectivity index (χ0) is 38.9. The number of ether oxygens (including phenoxy) is 2. The number of unbranched alkanes of at least 4 members (excludes halogenated alkanes) is 2. The fourth-order valence-electron chi connectivity index (χ4n) is 7.44. The second-order valence-electron chi connectivity index (χ2n) is 13.7. The van der Waals surface area contributed by atoms with Gasteiger partial charge in [0.1, 0.15) is 11.5 Å². The Hall–Kier alpha value is -5.27. The summed E-state index contributed by atoms with van der Waals surface area (Å²) in [4.78, 5) is 2.43. The molecule has 1 aliphatic rings. The number of anilines is 1. The van der Waals surface area contributed by atoms with Crippen LogP contribution in [0.2, 0.25) is 0 Å². The molecule has 0 saturated carbocycles. The predicted octanol–water partition coefficient (Wildman–Crippen LogP) is 11.1. The lowest BCUT2D eigenvalue weighted by atomic mass is 9.72.